The van der Waals surface area contributed by atoms with Gasteiger partial charge in [0, 0.05) is 19.0 Å². The molecule has 17 heavy (non-hydrogen) atoms. The van der Waals surface area contributed by atoms with Gasteiger partial charge in [0.2, 0.25) is 5.91 Å². The fourth-order valence-electron chi connectivity index (χ4n) is 2.93. The fraction of sp³-hybridized carbons (Fsp3) is 0.929. The molecular weight excluding hydrogens is 212 g/mol. The van der Waals surface area contributed by atoms with Gasteiger partial charge in [0.25, 0.3) is 0 Å². The van der Waals surface area contributed by atoms with Crippen LogP contribution >= 0.6 is 0 Å². The number of nitrogens with zero attached hydrogens (tertiary/aromatic N) is 1. The Labute approximate surface area is 105 Å². The summed E-state index contributed by atoms with van der Waals surface area (Å²) >= 11 is 0. The van der Waals surface area contributed by atoms with E-state index in [1.165, 1.54) is 19.3 Å². The molecule has 98 valence electrons. The average Bonchev–Trinajstić information content (AvgIpc) is 2.31. The van der Waals surface area contributed by atoms with Crippen LogP contribution in [0.1, 0.15) is 51.9 Å². The minimum Gasteiger partial charge on any atom is -0.340 e. The van der Waals surface area contributed by atoms with Gasteiger partial charge in [-0.2, -0.15) is 0 Å². The lowest BCUT2D eigenvalue weighted by Gasteiger charge is -2.36. The summed E-state index contributed by atoms with van der Waals surface area (Å²) < 4.78 is 0. The molecule has 1 aliphatic carbocycles. The molecule has 1 aliphatic heterocycles. The van der Waals surface area contributed by atoms with E-state index >= 15 is 0 Å². The monoisotopic (exact) mass is 238 g/mol. The van der Waals surface area contributed by atoms with Crippen molar-refractivity contribution >= 4 is 5.91 Å². The van der Waals surface area contributed by atoms with Crippen LogP contribution in [0.15, 0.2) is 0 Å². The zero-order valence-electron chi connectivity index (χ0n) is 11.1. The molecule has 1 heterocycles. The smallest absolute Gasteiger partial charge is 0.223 e. The Bertz CT molecular complexity index is 245. The molecule has 2 rings (SSSR count). The van der Waals surface area contributed by atoms with Crippen LogP contribution in [0.2, 0.25) is 0 Å². The second-order valence-corrected chi connectivity index (χ2v) is 5.57. The van der Waals surface area contributed by atoms with Crippen molar-refractivity contribution in [2.24, 2.45) is 5.92 Å². The highest BCUT2D eigenvalue weighted by atomic mass is 16.2. The number of carbonyl (C=O) groups is 1. The van der Waals surface area contributed by atoms with Gasteiger partial charge < -0.3 is 10.2 Å². The topological polar surface area (TPSA) is 32.3 Å². The van der Waals surface area contributed by atoms with Crippen LogP contribution < -0.4 is 5.32 Å². The third kappa shape index (κ3) is 3.44. The summed E-state index contributed by atoms with van der Waals surface area (Å²) in [6, 6.07) is 0.503. The summed E-state index contributed by atoms with van der Waals surface area (Å²) in [7, 11) is 0. The molecule has 0 atom stereocenters. The Hall–Kier alpha value is -0.570. The zero-order chi connectivity index (χ0) is 12.1. The molecule has 1 amide bonds. The van der Waals surface area contributed by atoms with Gasteiger partial charge in [-0.1, -0.05) is 13.3 Å². The summed E-state index contributed by atoms with van der Waals surface area (Å²) in [5.41, 5.74) is 0. The molecule has 2 fully saturated rings. The Morgan fingerprint density at radius 2 is 1.94 bits per heavy atom. The summed E-state index contributed by atoms with van der Waals surface area (Å²) in [6.45, 7) is 5.27. The third-order valence-corrected chi connectivity index (χ3v) is 4.22. The molecule has 0 spiro atoms. The maximum atomic E-state index is 12.3. The molecule has 0 unspecified atom stereocenters. The predicted molar refractivity (Wildman–Crippen MR) is 69.9 cm³/mol. The van der Waals surface area contributed by atoms with Crippen molar-refractivity contribution in [3.05, 3.63) is 0 Å². The molecule has 0 aromatic rings. The van der Waals surface area contributed by atoms with Crippen LogP contribution in [0.5, 0.6) is 0 Å². The molecule has 1 N–H and O–H groups in total. The number of carbonyl (C=O) groups excluding carboxylic acids is 1. The summed E-state index contributed by atoms with van der Waals surface area (Å²) in [6.07, 6.45) is 8.05. The molecule has 3 heteroatoms. The van der Waals surface area contributed by atoms with Crippen LogP contribution in [-0.2, 0) is 4.79 Å². The molecule has 3 nitrogen and oxygen atoms in total. The first kappa shape index (κ1) is 12.9. The van der Waals surface area contributed by atoms with E-state index < -0.39 is 0 Å². The normalized spacial score (nSPS) is 22.2. The van der Waals surface area contributed by atoms with E-state index in [1.54, 1.807) is 0 Å². The number of amides is 1. The lowest BCUT2D eigenvalue weighted by Crippen LogP contribution is -2.47. The van der Waals surface area contributed by atoms with Crippen LogP contribution in [0, 0.1) is 5.92 Å². The largest absolute Gasteiger partial charge is 0.340 e. The van der Waals surface area contributed by atoms with Gasteiger partial charge in [-0.05, 0) is 51.1 Å². The van der Waals surface area contributed by atoms with Gasteiger partial charge in [0.1, 0.15) is 0 Å². The number of hydrogen-bond acceptors (Lipinski definition) is 2. The highest BCUT2D eigenvalue weighted by Crippen LogP contribution is 2.30. The fourth-order valence-corrected chi connectivity index (χ4v) is 2.93. The number of rotatable bonds is 5. The maximum Gasteiger partial charge on any atom is 0.223 e. The van der Waals surface area contributed by atoms with E-state index in [0.29, 0.717) is 17.9 Å². The summed E-state index contributed by atoms with van der Waals surface area (Å²) in [5.74, 6) is 1.12. The Balaban J connectivity index is 1.86. The lowest BCUT2D eigenvalue weighted by molar-refractivity contribution is -0.135. The average molecular weight is 238 g/mol. The van der Waals surface area contributed by atoms with E-state index in [9.17, 15) is 4.79 Å². The molecule has 1 saturated carbocycles. The highest BCUT2D eigenvalue weighted by molar-refractivity contribution is 5.77. The molecule has 0 bridgehead atoms. The van der Waals surface area contributed by atoms with Crippen LogP contribution in [0.4, 0.5) is 0 Å². The first-order chi connectivity index (χ1) is 8.31. The number of hydrogen-bond donors (Lipinski definition) is 1. The number of piperidine rings is 1. The van der Waals surface area contributed by atoms with E-state index in [-0.39, 0.29) is 0 Å². The molecule has 2 aliphatic rings. The molecule has 0 aromatic carbocycles. The van der Waals surface area contributed by atoms with E-state index in [1.807, 2.05) is 0 Å². The third-order valence-electron chi connectivity index (χ3n) is 4.22. The van der Waals surface area contributed by atoms with E-state index in [4.69, 9.17) is 0 Å². The van der Waals surface area contributed by atoms with Gasteiger partial charge in [-0.25, -0.2) is 0 Å². The van der Waals surface area contributed by atoms with Crippen LogP contribution in [0.25, 0.3) is 0 Å². The minimum absolute atomic E-state index is 0.420. The number of nitrogens with one attached hydrogen (secondary N) is 1. The first-order valence-electron chi connectivity index (χ1n) is 7.31. The van der Waals surface area contributed by atoms with E-state index in [0.717, 1.165) is 45.3 Å². The first-order valence-corrected chi connectivity index (χ1v) is 7.31. The van der Waals surface area contributed by atoms with Crippen molar-refractivity contribution in [1.29, 1.82) is 0 Å². The van der Waals surface area contributed by atoms with Crippen molar-refractivity contribution in [3.8, 4) is 0 Å². The Kier molecular flexibility index (Phi) is 4.84. The SMILES string of the molecule is CCCN(C(=O)CC1CCC1)C1CCNCC1. The summed E-state index contributed by atoms with van der Waals surface area (Å²) in [5, 5.41) is 3.38. The molecular formula is C14H26N2O. The standard InChI is InChI=1S/C14H26N2O/c1-2-10-16(13-6-8-15-9-7-13)14(17)11-12-4-3-5-12/h12-13,15H,2-11H2,1H3. The lowest BCUT2D eigenvalue weighted by atomic mass is 9.82. The van der Waals surface area contributed by atoms with E-state index in [2.05, 4.69) is 17.1 Å². The zero-order valence-corrected chi connectivity index (χ0v) is 11.1. The second kappa shape index (κ2) is 6.39. The van der Waals surface area contributed by atoms with Gasteiger partial charge in [-0.3, -0.25) is 4.79 Å². The van der Waals surface area contributed by atoms with Gasteiger partial charge in [0.05, 0.1) is 0 Å². The van der Waals surface area contributed by atoms with Crippen molar-refractivity contribution in [2.45, 2.75) is 57.9 Å². The Morgan fingerprint density at radius 1 is 1.24 bits per heavy atom. The van der Waals surface area contributed by atoms with Gasteiger partial charge in [0.15, 0.2) is 0 Å². The minimum atomic E-state index is 0.420. The second-order valence-electron chi connectivity index (χ2n) is 5.57. The molecule has 0 radical (unpaired) electrons. The van der Waals surface area contributed by atoms with Crippen molar-refractivity contribution in [3.63, 3.8) is 0 Å². The summed E-state index contributed by atoms with van der Waals surface area (Å²) in [4.78, 5) is 14.5. The van der Waals surface area contributed by atoms with Crippen molar-refractivity contribution in [2.75, 3.05) is 19.6 Å². The molecule has 0 aromatic heterocycles. The van der Waals surface area contributed by atoms with Gasteiger partial charge in [-0.15, -0.1) is 0 Å². The van der Waals surface area contributed by atoms with Crippen molar-refractivity contribution in [1.82, 2.24) is 10.2 Å². The van der Waals surface area contributed by atoms with Crippen molar-refractivity contribution < 1.29 is 4.79 Å². The quantitative estimate of drug-likeness (QED) is 0.796. The highest BCUT2D eigenvalue weighted by Gasteiger charge is 2.28. The van der Waals surface area contributed by atoms with Crippen LogP contribution in [0.3, 0.4) is 0 Å². The van der Waals surface area contributed by atoms with Crippen LogP contribution in [-0.4, -0.2) is 36.5 Å². The van der Waals surface area contributed by atoms with Gasteiger partial charge >= 0.3 is 0 Å². The molecule has 1 saturated heterocycles. The predicted octanol–water partition coefficient (Wildman–Crippen LogP) is 2.17. The Morgan fingerprint density at radius 3 is 2.47 bits per heavy atom. The maximum absolute atomic E-state index is 12.3.